The molecule has 0 spiro atoms. The Morgan fingerprint density at radius 3 is 2.62 bits per heavy atom. The second-order valence-electron chi connectivity index (χ2n) is 5.43. The maximum atomic E-state index is 12.4. The summed E-state index contributed by atoms with van der Waals surface area (Å²) in [7, 11) is 0. The van der Waals surface area contributed by atoms with Gasteiger partial charge in [-0.1, -0.05) is 34.7 Å². The molecule has 1 amide bonds. The molecule has 0 aliphatic carbocycles. The lowest BCUT2D eigenvalue weighted by Gasteiger charge is -2.11. The van der Waals surface area contributed by atoms with Crippen LogP contribution in [0.1, 0.15) is 18.9 Å². The molecular formula is C16H17ClN6OS2. The van der Waals surface area contributed by atoms with E-state index in [1.54, 1.807) is 0 Å². The van der Waals surface area contributed by atoms with E-state index in [-0.39, 0.29) is 11.2 Å². The van der Waals surface area contributed by atoms with Gasteiger partial charge in [0.15, 0.2) is 11.0 Å². The molecule has 136 valence electrons. The minimum absolute atomic E-state index is 0.148. The Kier molecular flexibility index (Phi) is 5.90. The molecule has 1 atom stereocenters. The summed E-state index contributed by atoms with van der Waals surface area (Å²) in [6, 6.07) is 7.44. The van der Waals surface area contributed by atoms with Crippen molar-refractivity contribution in [1.29, 1.82) is 0 Å². The Morgan fingerprint density at radius 2 is 2.00 bits per heavy atom. The second-order valence-corrected chi connectivity index (χ2v) is 8.36. The number of rotatable bonds is 6. The Morgan fingerprint density at radius 1 is 1.27 bits per heavy atom. The summed E-state index contributed by atoms with van der Waals surface area (Å²) in [5.74, 6) is 0.601. The molecule has 3 aromatic rings. The molecule has 7 nitrogen and oxygen atoms in total. The highest BCUT2D eigenvalue weighted by Crippen LogP contribution is 2.28. The van der Waals surface area contributed by atoms with Crippen LogP contribution in [0.2, 0.25) is 5.02 Å². The zero-order valence-corrected chi connectivity index (χ0v) is 16.8. The van der Waals surface area contributed by atoms with Crippen LogP contribution in [0, 0.1) is 6.92 Å². The lowest BCUT2D eigenvalue weighted by Crippen LogP contribution is -2.22. The zero-order valence-electron chi connectivity index (χ0n) is 14.4. The average molecular weight is 409 g/mol. The van der Waals surface area contributed by atoms with Gasteiger partial charge in [0, 0.05) is 17.1 Å². The summed E-state index contributed by atoms with van der Waals surface area (Å²) < 4.78 is 1.98. The van der Waals surface area contributed by atoms with Crippen LogP contribution in [0.25, 0.3) is 11.4 Å². The van der Waals surface area contributed by atoms with Gasteiger partial charge in [-0.05, 0) is 45.0 Å². The number of benzene rings is 1. The molecule has 0 radical (unpaired) electrons. The third-order valence-electron chi connectivity index (χ3n) is 3.54. The highest BCUT2D eigenvalue weighted by atomic mass is 35.5. The van der Waals surface area contributed by atoms with E-state index >= 15 is 0 Å². The van der Waals surface area contributed by atoms with Gasteiger partial charge in [-0.25, -0.2) is 0 Å². The minimum atomic E-state index is -0.355. The predicted molar refractivity (Wildman–Crippen MR) is 105 cm³/mol. The molecular weight excluding hydrogens is 392 g/mol. The molecule has 0 aliphatic rings. The summed E-state index contributed by atoms with van der Waals surface area (Å²) >= 11 is 8.65. The predicted octanol–water partition coefficient (Wildman–Crippen LogP) is 3.90. The number of nitrogens with one attached hydrogen (secondary N) is 1. The number of hydrogen-bond donors (Lipinski definition) is 1. The van der Waals surface area contributed by atoms with Gasteiger partial charge in [-0.15, -0.1) is 20.4 Å². The van der Waals surface area contributed by atoms with E-state index in [9.17, 15) is 4.79 Å². The molecule has 0 bridgehead atoms. The fourth-order valence-electron chi connectivity index (χ4n) is 2.24. The molecule has 10 heteroatoms. The summed E-state index contributed by atoms with van der Waals surface area (Å²) in [6.07, 6.45) is 0. The molecule has 0 saturated heterocycles. The number of aryl methyl sites for hydroxylation is 1. The molecule has 1 aromatic carbocycles. The SMILES string of the molecule is CCn1c(S[C@H](C)C(=O)Nc2nnc(C)s2)nnc1-c1ccc(Cl)cc1. The monoisotopic (exact) mass is 408 g/mol. The number of thioether (sulfide) groups is 1. The fourth-order valence-corrected chi connectivity index (χ4v) is 3.87. The summed E-state index contributed by atoms with van der Waals surface area (Å²) in [5, 5.41) is 21.4. The molecule has 0 unspecified atom stereocenters. The molecule has 2 aromatic heterocycles. The molecule has 3 rings (SSSR count). The molecule has 0 saturated carbocycles. The van der Waals surface area contributed by atoms with E-state index in [1.807, 2.05) is 49.6 Å². The Labute approximate surface area is 164 Å². The standard InChI is InChI=1S/C16H17ClN6OS2/c1-4-23-13(11-5-7-12(17)8-6-11)20-22-16(23)25-9(2)14(24)18-15-21-19-10(3)26-15/h5-9H,4H2,1-3H3,(H,18,21,24)/t9-/m1/s1. The Bertz CT molecular complexity index is 908. The van der Waals surface area contributed by atoms with Crippen LogP contribution in [0.15, 0.2) is 29.4 Å². The van der Waals surface area contributed by atoms with Crippen molar-refractivity contribution in [2.45, 2.75) is 37.7 Å². The topological polar surface area (TPSA) is 85.6 Å². The number of hydrogen-bond acceptors (Lipinski definition) is 7. The molecule has 26 heavy (non-hydrogen) atoms. The van der Waals surface area contributed by atoms with E-state index in [0.29, 0.717) is 21.9 Å². The number of anilines is 1. The number of carbonyl (C=O) groups excluding carboxylic acids is 1. The van der Waals surface area contributed by atoms with Crippen molar-refractivity contribution < 1.29 is 4.79 Å². The van der Waals surface area contributed by atoms with Gasteiger partial charge in [0.25, 0.3) is 0 Å². The van der Waals surface area contributed by atoms with Crippen molar-refractivity contribution >= 4 is 45.7 Å². The van der Waals surface area contributed by atoms with Crippen molar-refractivity contribution in [3.8, 4) is 11.4 Å². The minimum Gasteiger partial charge on any atom is -0.302 e. The third kappa shape index (κ3) is 4.22. The number of aromatic nitrogens is 5. The van der Waals surface area contributed by atoms with Crippen LogP contribution >= 0.6 is 34.7 Å². The van der Waals surface area contributed by atoms with Crippen molar-refractivity contribution in [2.75, 3.05) is 5.32 Å². The van der Waals surface area contributed by atoms with Crippen LogP contribution in [0.3, 0.4) is 0 Å². The van der Waals surface area contributed by atoms with E-state index in [0.717, 1.165) is 16.4 Å². The van der Waals surface area contributed by atoms with E-state index in [1.165, 1.54) is 23.1 Å². The summed E-state index contributed by atoms with van der Waals surface area (Å²) in [6.45, 7) is 6.37. The van der Waals surface area contributed by atoms with Gasteiger partial charge in [-0.3, -0.25) is 10.1 Å². The van der Waals surface area contributed by atoms with Crippen LogP contribution in [0.4, 0.5) is 5.13 Å². The zero-order chi connectivity index (χ0) is 18.7. The van der Waals surface area contributed by atoms with Crippen molar-refractivity contribution in [3.63, 3.8) is 0 Å². The number of carbonyl (C=O) groups is 1. The van der Waals surface area contributed by atoms with Gasteiger partial charge in [0.2, 0.25) is 11.0 Å². The van der Waals surface area contributed by atoms with Gasteiger partial charge in [-0.2, -0.15) is 0 Å². The number of nitrogens with zero attached hydrogens (tertiary/aromatic N) is 5. The first-order valence-corrected chi connectivity index (χ1v) is 10.0. The number of halogens is 1. The average Bonchev–Trinajstić information content (AvgIpc) is 3.21. The lowest BCUT2D eigenvalue weighted by atomic mass is 10.2. The van der Waals surface area contributed by atoms with Gasteiger partial charge >= 0.3 is 0 Å². The molecule has 0 fully saturated rings. The fraction of sp³-hybridized carbons (Fsp3) is 0.312. The summed E-state index contributed by atoms with van der Waals surface area (Å²) in [5.41, 5.74) is 0.928. The Hall–Kier alpha value is -1.97. The molecule has 2 heterocycles. The molecule has 1 N–H and O–H groups in total. The first kappa shape index (κ1) is 18.8. The molecule has 0 aliphatic heterocycles. The first-order valence-electron chi connectivity index (χ1n) is 7.94. The highest BCUT2D eigenvalue weighted by Gasteiger charge is 2.21. The lowest BCUT2D eigenvalue weighted by molar-refractivity contribution is -0.115. The van der Waals surface area contributed by atoms with Crippen LogP contribution < -0.4 is 5.32 Å². The van der Waals surface area contributed by atoms with Gasteiger partial charge in [0.1, 0.15) is 5.01 Å². The smallest absolute Gasteiger partial charge is 0.239 e. The maximum Gasteiger partial charge on any atom is 0.239 e. The van der Waals surface area contributed by atoms with E-state index in [2.05, 4.69) is 25.7 Å². The second kappa shape index (κ2) is 8.15. The van der Waals surface area contributed by atoms with Crippen LogP contribution in [-0.2, 0) is 11.3 Å². The third-order valence-corrected chi connectivity index (χ3v) is 5.63. The largest absolute Gasteiger partial charge is 0.302 e. The maximum absolute atomic E-state index is 12.4. The Balaban J connectivity index is 1.75. The van der Waals surface area contributed by atoms with Crippen LogP contribution in [-0.4, -0.2) is 36.1 Å². The number of amides is 1. The first-order chi connectivity index (χ1) is 12.5. The summed E-state index contributed by atoms with van der Waals surface area (Å²) in [4.78, 5) is 12.4. The van der Waals surface area contributed by atoms with Crippen LogP contribution in [0.5, 0.6) is 0 Å². The highest BCUT2D eigenvalue weighted by molar-refractivity contribution is 8.00. The van der Waals surface area contributed by atoms with Crippen molar-refractivity contribution in [2.24, 2.45) is 0 Å². The quantitative estimate of drug-likeness (QED) is 0.622. The van der Waals surface area contributed by atoms with Gasteiger partial charge in [0.05, 0.1) is 5.25 Å². The van der Waals surface area contributed by atoms with E-state index in [4.69, 9.17) is 11.6 Å². The normalized spacial score (nSPS) is 12.2. The van der Waals surface area contributed by atoms with Crippen molar-refractivity contribution in [1.82, 2.24) is 25.0 Å². The van der Waals surface area contributed by atoms with Crippen molar-refractivity contribution in [3.05, 3.63) is 34.3 Å². The van der Waals surface area contributed by atoms with Gasteiger partial charge < -0.3 is 4.57 Å². The van der Waals surface area contributed by atoms with E-state index < -0.39 is 0 Å².